The molecule has 0 aromatic heterocycles. The van der Waals surface area contributed by atoms with Gasteiger partial charge in [-0.25, -0.2) is 8.78 Å². The molecular formula is C28H41F2N3O4. The average molecular weight is 522 g/mol. The van der Waals surface area contributed by atoms with Crippen molar-refractivity contribution in [1.82, 2.24) is 10.2 Å². The first-order chi connectivity index (χ1) is 17.6. The van der Waals surface area contributed by atoms with Crippen molar-refractivity contribution in [3.63, 3.8) is 0 Å². The highest BCUT2D eigenvalue weighted by molar-refractivity contribution is 5.96. The number of benzene rings is 1. The summed E-state index contributed by atoms with van der Waals surface area (Å²) in [7, 11) is 1.57. The van der Waals surface area contributed by atoms with Crippen LogP contribution in [0.1, 0.15) is 45.6 Å². The van der Waals surface area contributed by atoms with Crippen molar-refractivity contribution in [3.05, 3.63) is 58.7 Å². The number of allylic oxidation sites excluding steroid dienone is 2. The lowest BCUT2D eigenvalue weighted by molar-refractivity contribution is -0.145. The maximum absolute atomic E-state index is 14.4. The molecule has 2 amide bonds. The van der Waals surface area contributed by atoms with E-state index in [-0.39, 0.29) is 30.9 Å². The largest absolute Gasteiger partial charge is 0.391 e. The van der Waals surface area contributed by atoms with Crippen LogP contribution >= 0.6 is 0 Å². The number of nitrogens with two attached hydrogens (primary N) is 1. The quantitative estimate of drug-likeness (QED) is 0.308. The van der Waals surface area contributed by atoms with E-state index in [4.69, 9.17) is 10.5 Å². The summed E-state index contributed by atoms with van der Waals surface area (Å²) in [5.74, 6) is -3.18. The first kappa shape index (κ1) is 30.6. The first-order valence-electron chi connectivity index (χ1n) is 12.9. The van der Waals surface area contributed by atoms with Gasteiger partial charge in [0.2, 0.25) is 11.8 Å². The molecule has 206 valence electrons. The number of carbonyl (C=O) groups excluding carboxylic acids is 2. The Morgan fingerprint density at radius 3 is 2.35 bits per heavy atom. The van der Waals surface area contributed by atoms with Crippen molar-refractivity contribution in [1.29, 1.82) is 0 Å². The normalized spacial score (nSPS) is 19.1. The number of amides is 2. The standard InChI is InChI=1S/C28H41F2N3O4/c1-5-8-33(9-6-2)27(36)28(16-19(3)11-21(17-28)26(31)35)24(25(34)18-32-7-10-37-4)14-20-12-22(29)15-23(30)13-20/h11-13,15-16,24-25,32,34H,5-10,14,17-18H2,1-4H3,(H2,31,35)/t24-,25+,28?/m1/s1. The smallest absolute Gasteiger partial charge is 0.244 e. The fourth-order valence-electron chi connectivity index (χ4n) is 5.19. The van der Waals surface area contributed by atoms with Gasteiger partial charge in [0.25, 0.3) is 0 Å². The zero-order valence-electron chi connectivity index (χ0n) is 22.4. The van der Waals surface area contributed by atoms with Gasteiger partial charge in [-0.05, 0) is 50.3 Å². The van der Waals surface area contributed by atoms with Crippen LogP contribution in [0.4, 0.5) is 8.78 Å². The molecule has 1 aromatic rings. The van der Waals surface area contributed by atoms with Crippen LogP contribution < -0.4 is 11.1 Å². The fourth-order valence-corrected chi connectivity index (χ4v) is 5.19. The summed E-state index contributed by atoms with van der Waals surface area (Å²) < 4.78 is 33.3. The molecular weight excluding hydrogens is 480 g/mol. The van der Waals surface area contributed by atoms with E-state index in [2.05, 4.69) is 5.32 Å². The lowest BCUT2D eigenvalue weighted by atomic mass is 9.63. The van der Waals surface area contributed by atoms with Gasteiger partial charge in [-0.15, -0.1) is 0 Å². The Kier molecular flexibility index (Phi) is 11.9. The molecule has 0 aliphatic heterocycles. The van der Waals surface area contributed by atoms with Gasteiger partial charge in [-0.1, -0.05) is 31.6 Å². The Morgan fingerprint density at radius 2 is 1.81 bits per heavy atom. The van der Waals surface area contributed by atoms with E-state index in [1.165, 1.54) is 12.1 Å². The number of halogens is 2. The van der Waals surface area contributed by atoms with Crippen LogP contribution in [0, 0.1) is 23.0 Å². The fraction of sp³-hybridized carbons (Fsp3) is 0.571. The molecule has 1 aliphatic rings. The number of methoxy groups -OCH3 is 1. The Balaban J connectivity index is 2.66. The molecule has 37 heavy (non-hydrogen) atoms. The molecule has 3 atom stereocenters. The lowest BCUT2D eigenvalue weighted by Crippen LogP contribution is -2.54. The highest BCUT2D eigenvalue weighted by Gasteiger charge is 2.50. The van der Waals surface area contributed by atoms with E-state index in [9.17, 15) is 23.5 Å². The summed E-state index contributed by atoms with van der Waals surface area (Å²) in [6.07, 6.45) is 3.80. The van der Waals surface area contributed by atoms with E-state index < -0.39 is 35.0 Å². The van der Waals surface area contributed by atoms with Crippen molar-refractivity contribution in [2.75, 3.05) is 39.9 Å². The number of hydrogen-bond acceptors (Lipinski definition) is 5. The van der Waals surface area contributed by atoms with Crippen LogP contribution in [-0.2, 0) is 20.7 Å². The lowest BCUT2D eigenvalue weighted by Gasteiger charge is -2.45. The van der Waals surface area contributed by atoms with Crippen molar-refractivity contribution < 1.29 is 28.2 Å². The van der Waals surface area contributed by atoms with Crippen LogP contribution in [0.25, 0.3) is 0 Å². The molecule has 0 spiro atoms. The molecule has 4 N–H and O–H groups in total. The second-order valence-electron chi connectivity index (χ2n) is 9.78. The van der Waals surface area contributed by atoms with Crippen LogP contribution in [0.15, 0.2) is 41.5 Å². The molecule has 0 radical (unpaired) electrons. The molecule has 0 heterocycles. The molecule has 0 saturated carbocycles. The molecule has 9 heteroatoms. The SMILES string of the molecule is CCCN(CCC)C(=O)C1([C@H](Cc2cc(F)cc(F)c2)[C@@H](O)CNCCOC)C=C(C)C=C(C(N)=O)C1. The molecule has 1 aliphatic carbocycles. The van der Waals surface area contributed by atoms with Gasteiger partial charge < -0.3 is 25.8 Å². The number of nitrogens with zero attached hydrogens (tertiary/aromatic N) is 1. The summed E-state index contributed by atoms with van der Waals surface area (Å²) in [5.41, 5.74) is 5.58. The Bertz CT molecular complexity index is 971. The second-order valence-corrected chi connectivity index (χ2v) is 9.78. The zero-order valence-corrected chi connectivity index (χ0v) is 22.4. The topological polar surface area (TPSA) is 105 Å². The number of aliphatic hydroxyl groups excluding tert-OH is 1. The van der Waals surface area contributed by atoms with Crippen LogP contribution in [-0.4, -0.2) is 67.8 Å². The van der Waals surface area contributed by atoms with Gasteiger partial charge in [-0.3, -0.25) is 9.59 Å². The molecule has 1 aromatic carbocycles. The highest BCUT2D eigenvalue weighted by Crippen LogP contribution is 2.45. The number of ether oxygens (including phenoxy) is 1. The first-order valence-corrected chi connectivity index (χ1v) is 12.9. The van der Waals surface area contributed by atoms with Crippen molar-refractivity contribution in [2.45, 2.75) is 52.6 Å². The second kappa shape index (κ2) is 14.4. The highest BCUT2D eigenvalue weighted by atomic mass is 19.1. The zero-order chi connectivity index (χ0) is 27.6. The minimum atomic E-state index is -1.35. The van der Waals surface area contributed by atoms with E-state index >= 15 is 0 Å². The van der Waals surface area contributed by atoms with Crippen molar-refractivity contribution in [2.24, 2.45) is 17.1 Å². The number of aliphatic hydroxyl groups is 1. The van der Waals surface area contributed by atoms with Crippen LogP contribution in [0.3, 0.4) is 0 Å². The minimum Gasteiger partial charge on any atom is -0.391 e. The molecule has 0 bridgehead atoms. The van der Waals surface area contributed by atoms with Gasteiger partial charge in [0, 0.05) is 50.8 Å². The van der Waals surface area contributed by atoms with Crippen molar-refractivity contribution in [3.8, 4) is 0 Å². The van der Waals surface area contributed by atoms with Crippen molar-refractivity contribution >= 4 is 11.8 Å². The van der Waals surface area contributed by atoms with Gasteiger partial charge in [0.1, 0.15) is 11.6 Å². The van der Waals surface area contributed by atoms with Gasteiger partial charge in [0.15, 0.2) is 0 Å². The molecule has 1 unspecified atom stereocenters. The molecule has 0 saturated heterocycles. The van der Waals surface area contributed by atoms with E-state index in [1.54, 1.807) is 31.1 Å². The van der Waals surface area contributed by atoms with Gasteiger partial charge in [-0.2, -0.15) is 0 Å². The summed E-state index contributed by atoms with van der Waals surface area (Å²) in [6.45, 7) is 7.73. The average Bonchev–Trinajstić information content (AvgIpc) is 2.83. The van der Waals surface area contributed by atoms with E-state index in [1.807, 2.05) is 13.8 Å². The van der Waals surface area contributed by atoms with E-state index in [0.717, 1.165) is 18.9 Å². The Labute approximate surface area is 218 Å². The third-order valence-corrected chi connectivity index (χ3v) is 6.70. The molecule has 7 nitrogen and oxygen atoms in total. The Morgan fingerprint density at radius 1 is 1.19 bits per heavy atom. The summed E-state index contributed by atoms with van der Waals surface area (Å²) in [5, 5.41) is 14.6. The predicted molar refractivity (Wildman–Crippen MR) is 140 cm³/mol. The Hall–Kier alpha value is -2.62. The summed E-state index contributed by atoms with van der Waals surface area (Å²) >= 11 is 0. The minimum absolute atomic E-state index is 0.00938. The number of rotatable bonds is 15. The van der Waals surface area contributed by atoms with E-state index in [0.29, 0.717) is 37.4 Å². The summed E-state index contributed by atoms with van der Waals surface area (Å²) in [4.78, 5) is 28.4. The number of primary amides is 1. The summed E-state index contributed by atoms with van der Waals surface area (Å²) in [6, 6.07) is 3.20. The predicted octanol–water partition coefficient (Wildman–Crippen LogP) is 3.12. The van der Waals surface area contributed by atoms with Crippen LogP contribution in [0.2, 0.25) is 0 Å². The number of carbonyl (C=O) groups is 2. The maximum atomic E-state index is 14.4. The maximum Gasteiger partial charge on any atom is 0.244 e. The van der Waals surface area contributed by atoms with Gasteiger partial charge >= 0.3 is 0 Å². The molecule has 0 fully saturated rings. The van der Waals surface area contributed by atoms with Crippen LogP contribution in [0.5, 0.6) is 0 Å². The monoisotopic (exact) mass is 521 g/mol. The number of hydrogen-bond donors (Lipinski definition) is 3. The van der Waals surface area contributed by atoms with Gasteiger partial charge in [0.05, 0.1) is 18.1 Å². The third-order valence-electron chi connectivity index (χ3n) is 6.70. The molecule has 2 rings (SSSR count). The third kappa shape index (κ3) is 8.18. The number of nitrogens with one attached hydrogen (secondary N) is 1.